The van der Waals surface area contributed by atoms with Gasteiger partial charge in [-0.25, -0.2) is 4.68 Å². The number of rotatable bonds is 4. The Bertz CT molecular complexity index is 1020. The molecule has 0 bridgehead atoms. The van der Waals surface area contributed by atoms with Gasteiger partial charge in [0.05, 0.1) is 23.7 Å². The second-order valence-corrected chi connectivity index (χ2v) is 6.69. The summed E-state index contributed by atoms with van der Waals surface area (Å²) in [6.07, 6.45) is 4.16. The molecule has 1 fully saturated rings. The molecule has 1 N–H and O–H groups in total. The lowest BCUT2D eigenvalue weighted by Crippen LogP contribution is -2.30. The van der Waals surface area contributed by atoms with E-state index in [1.807, 2.05) is 24.3 Å². The number of nitrogens with one attached hydrogen (secondary N) is 1. The number of hydrogen-bond acceptors (Lipinski definition) is 5. The molecule has 2 heterocycles. The summed E-state index contributed by atoms with van der Waals surface area (Å²) in [4.78, 5) is 25.1. The minimum absolute atomic E-state index is 0.0605. The highest BCUT2D eigenvalue weighted by atomic mass is 16.5. The fraction of sp³-hybridized carbons (Fsp3) is 0.368. The molecule has 0 atom stereocenters. The van der Waals surface area contributed by atoms with Crippen LogP contribution >= 0.6 is 0 Å². The maximum Gasteiger partial charge on any atom is 0.274 e. The summed E-state index contributed by atoms with van der Waals surface area (Å²) in [7, 11) is 0. The Labute approximate surface area is 150 Å². The van der Waals surface area contributed by atoms with Crippen LogP contribution in [0.4, 0.5) is 0 Å². The maximum atomic E-state index is 12.8. The molecule has 0 saturated heterocycles. The van der Waals surface area contributed by atoms with Crippen molar-refractivity contribution >= 4 is 16.7 Å². The van der Waals surface area contributed by atoms with Crippen molar-refractivity contribution in [2.75, 3.05) is 0 Å². The molecule has 7 heteroatoms. The molecule has 7 nitrogen and oxygen atoms in total. The molecule has 1 saturated carbocycles. The Balaban J connectivity index is 1.68. The first-order chi connectivity index (χ1) is 12.6. The number of fused-ring (bicyclic) bond motifs is 1. The van der Waals surface area contributed by atoms with E-state index in [0.717, 1.165) is 31.1 Å². The molecule has 26 heavy (non-hydrogen) atoms. The molecule has 4 rings (SSSR count). The van der Waals surface area contributed by atoms with E-state index in [2.05, 4.69) is 15.6 Å². The average molecular weight is 352 g/mol. The van der Waals surface area contributed by atoms with Gasteiger partial charge in [-0.3, -0.25) is 9.59 Å². The van der Waals surface area contributed by atoms with Gasteiger partial charge in [0.15, 0.2) is 5.69 Å². The lowest BCUT2D eigenvalue weighted by molar-refractivity contribution is 0.0941. The van der Waals surface area contributed by atoms with Crippen LogP contribution in [0.5, 0.6) is 0 Å². The molecular formula is C19H20N4O3. The van der Waals surface area contributed by atoms with Gasteiger partial charge >= 0.3 is 0 Å². The summed E-state index contributed by atoms with van der Waals surface area (Å²) in [5.74, 6) is 0.250. The van der Waals surface area contributed by atoms with Crippen molar-refractivity contribution in [3.8, 4) is 0 Å². The molecule has 2 aromatic heterocycles. The molecule has 0 radical (unpaired) electrons. The number of nitrogens with zero attached hydrogens (tertiary/aromatic N) is 3. The fourth-order valence-corrected chi connectivity index (χ4v) is 3.53. The predicted octanol–water partition coefficient (Wildman–Crippen LogP) is 2.74. The topological polar surface area (TPSA) is 90.0 Å². The summed E-state index contributed by atoms with van der Waals surface area (Å²) in [6, 6.07) is 9.13. The molecule has 1 amide bonds. The van der Waals surface area contributed by atoms with Crippen LogP contribution in [-0.2, 0) is 6.54 Å². The van der Waals surface area contributed by atoms with E-state index in [-0.39, 0.29) is 29.7 Å². The Morgan fingerprint density at radius 1 is 1.27 bits per heavy atom. The van der Waals surface area contributed by atoms with Gasteiger partial charge in [-0.15, -0.1) is 0 Å². The number of aryl methyl sites for hydroxylation is 1. The quantitative estimate of drug-likeness (QED) is 0.780. The highest BCUT2D eigenvalue weighted by Crippen LogP contribution is 2.28. The van der Waals surface area contributed by atoms with Gasteiger partial charge in [0.25, 0.3) is 11.5 Å². The van der Waals surface area contributed by atoms with Crippen molar-refractivity contribution in [1.82, 2.24) is 20.3 Å². The first-order valence-corrected chi connectivity index (χ1v) is 8.85. The van der Waals surface area contributed by atoms with Gasteiger partial charge < -0.3 is 9.84 Å². The van der Waals surface area contributed by atoms with Crippen molar-refractivity contribution in [3.63, 3.8) is 0 Å². The van der Waals surface area contributed by atoms with E-state index in [9.17, 15) is 9.59 Å². The Hall–Kier alpha value is -2.96. The SMILES string of the molecule is Cc1cc(C(=O)NCc2nn(C3CCCC3)c(=O)c3ccccc23)no1. The first kappa shape index (κ1) is 16.5. The van der Waals surface area contributed by atoms with E-state index in [1.54, 1.807) is 17.7 Å². The van der Waals surface area contributed by atoms with Gasteiger partial charge in [0.2, 0.25) is 0 Å². The number of aromatic nitrogens is 3. The summed E-state index contributed by atoms with van der Waals surface area (Å²) in [5, 5.41) is 12.5. The molecule has 0 spiro atoms. The third-order valence-electron chi connectivity index (χ3n) is 4.85. The average Bonchev–Trinajstić information content (AvgIpc) is 3.33. The first-order valence-electron chi connectivity index (χ1n) is 8.85. The second-order valence-electron chi connectivity index (χ2n) is 6.69. The van der Waals surface area contributed by atoms with Crippen LogP contribution in [0.1, 0.15) is 53.7 Å². The van der Waals surface area contributed by atoms with E-state index in [4.69, 9.17) is 4.52 Å². The van der Waals surface area contributed by atoms with Crippen LogP contribution < -0.4 is 10.9 Å². The Kier molecular flexibility index (Phi) is 4.28. The van der Waals surface area contributed by atoms with Gasteiger partial charge in [-0.2, -0.15) is 5.10 Å². The largest absolute Gasteiger partial charge is 0.361 e. The monoisotopic (exact) mass is 352 g/mol. The zero-order chi connectivity index (χ0) is 18.1. The normalized spacial score (nSPS) is 14.8. The number of carbonyl (C=O) groups is 1. The van der Waals surface area contributed by atoms with Crippen molar-refractivity contribution in [2.45, 2.75) is 45.2 Å². The number of carbonyl (C=O) groups excluding carboxylic acids is 1. The van der Waals surface area contributed by atoms with Crippen LogP contribution in [0.3, 0.4) is 0 Å². The molecular weight excluding hydrogens is 332 g/mol. The molecule has 1 aliphatic carbocycles. The highest BCUT2D eigenvalue weighted by Gasteiger charge is 2.21. The van der Waals surface area contributed by atoms with E-state index < -0.39 is 0 Å². The third kappa shape index (κ3) is 3.00. The highest BCUT2D eigenvalue weighted by molar-refractivity contribution is 5.92. The summed E-state index contributed by atoms with van der Waals surface area (Å²) in [5.41, 5.74) is 0.853. The minimum atomic E-state index is -0.327. The maximum absolute atomic E-state index is 12.8. The van der Waals surface area contributed by atoms with E-state index >= 15 is 0 Å². The third-order valence-corrected chi connectivity index (χ3v) is 4.85. The van der Waals surface area contributed by atoms with Crippen LogP contribution in [0.15, 0.2) is 39.6 Å². The number of benzene rings is 1. The van der Waals surface area contributed by atoms with Crippen molar-refractivity contribution in [1.29, 1.82) is 0 Å². The second kappa shape index (κ2) is 6.74. The van der Waals surface area contributed by atoms with E-state index in [0.29, 0.717) is 16.8 Å². The van der Waals surface area contributed by atoms with E-state index in [1.165, 1.54) is 0 Å². The van der Waals surface area contributed by atoms with Crippen molar-refractivity contribution in [2.24, 2.45) is 0 Å². The van der Waals surface area contributed by atoms with Crippen molar-refractivity contribution < 1.29 is 9.32 Å². The van der Waals surface area contributed by atoms with Gasteiger partial charge in [0.1, 0.15) is 5.76 Å². The Morgan fingerprint density at radius 2 is 2.00 bits per heavy atom. The number of amides is 1. The van der Waals surface area contributed by atoms with Crippen LogP contribution in [0.2, 0.25) is 0 Å². The molecule has 0 aliphatic heterocycles. The predicted molar refractivity (Wildman–Crippen MR) is 95.9 cm³/mol. The lowest BCUT2D eigenvalue weighted by Gasteiger charge is -2.16. The summed E-state index contributed by atoms with van der Waals surface area (Å²) >= 11 is 0. The Morgan fingerprint density at radius 3 is 2.69 bits per heavy atom. The fourth-order valence-electron chi connectivity index (χ4n) is 3.53. The minimum Gasteiger partial charge on any atom is -0.361 e. The lowest BCUT2D eigenvalue weighted by atomic mass is 10.1. The number of hydrogen-bond donors (Lipinski definition) is 1. The smallest absolute Gasteiger partial charge is 0.274 e. The molecule has 1 aromatic carbocycles. The molecule has 1 aliphatic rings. The van der Waals surface area contributed by atoms with Gasteiger partial charge in [0, 0.05) is 11.5 Å². The molecule has 3 aromatic rings. The zero-order valence-corrected chi connectivity index (χ0v) is 14.6. The van der Waals surface area contributed by atoms with Crippen molar-refractivity contribution in [3.05, 3.63) is 57.8 Å². The van der Waals surface area contributed by atoms with Crippen LogP contribution in [-0.4, -0.2) is 20.8 Å². The van der Waals surface area contributed by atoms with Gasteiger partial charge in [-0.05, 0) is 25.8 Å². The molecule has 134 valence electrons. The summed E-state index contributed by atoms with van der Waals surface area (Å²) in [6.45, 7) is 1.95. The summed E-state index contributed by atoms with van der Waals surface area (Å²) < 4.78 is 6.55. The van der Waals surface area contributed by atoms with Crippen LogP contribution in [0.25, 0.3) is 10.8 Å². The van der Waals surface area contributed by atoms with Gasteiger partial charge in [-0.1, -0.05) is 36.2 Å². The zero-order valence-electron chi connectivity index (χ0n) is 14.6. The standard InChI is InChI=1S/C19H20N4O3/c1-12-10-16(22-26-12)18(24)20-11-17-14-8-4-5-9-15(14)19(25)23(21-17)13-6-2-3-7-13/h4-5,8-10,13H,2-3,6-7,11H2,1H3,(H,20,24). The molecule has 0 unspecified atom stereocenters. The van der Waals surface area contributed by atoms with Crippen LogP contribution in [0, 0.1) is 6.92 Å².